The predicted molar refractivity (Wildman–Crippen MR) is 61.6 cm³/mol. The van der Waals surface area contributed by atoms with E-state index in [0.29, 0.717) is 6.42 Å². The average Bonchev–Trinajstić information content (AvgIpc) is 2.11. The lowest BCUT2D eigenvalue weighted by Gasteiger charge is -2.21. The SMILES string of the molecule is CNC1CSSCC(C(C)=O)CC1=O. The van der Waals surface area contributed by atoms with Crippen LogP contribution >= 0.6 is 21.6 Å². The van der Waals surface area contributed by atoms with Gasteiger partial charge in [-0.1, -0.05) is 21.6 Å². The highest BCUT2D eigenvalue weighted by molar-refractivity contribution is 8.76. The Morgan fingerprint density at radius 2 is 2.07 bits per heavy atom. The molecule has 1 N–H and O–H groups in total. The molecule has 0 saturated carbocycles. The molecule has 14 heavy (non-hydrogen) atoms. The van der Waals surface area contributed by atoms with Gasteiger partial charge in [0.25, 0.3) is 0 Å². The van der Waals surface area contributed by atoms with Gasteiger partial charge in [-0.05, 0) is 14.0 Å². The van der Waals surface area contributed by atoms with Crippen LogP contribution in [-0.2, 0) is 9.59 Å². The largest absolute Gasteiger partial charge is 0.310 e. The van der Waals surface area contributed by atoms with Crippen LogP contribution in [-0.4, -0.2) is 36.2 Å². The van der Waals surface area contributed by atoms with Gasteiger partial charge in [-0.15, -0.1) is 0 Å². The highest BCUT2D eigenvalue weighted by Crippen LogP contribution is 2.29. The predicted octanol–water partition coefficient (Wildman–Crippen LogP) is 1.13. The molecule has 0 amide bonds. The number of nitrogens with one attached hydrogen (secondary N) is 1. The van der Waals surface area contributed by atoms with Crippen molar-refractivity contribution in [2.24, 2.45) is 5.92 Å². The molecular weight excluding hydrogens is 218 g/mol. The molecule has 0 aromatic heterocycles. The van der Waals surface area contributed by atoms with Crippen LogP contribution in [0, 0.1) is 5.92 Å². The van der Waals surface area contributed by atoms with Crippen LogP contribution in [0.15, 0.2) is 0 Å². The summed E-state index contributed by atoms with van der Waals surface area (Å²) in [5, 5.41) is 2.99. The molecule has 2 atom stereocenters. The van der Waals surface area contributed by atoms with E-state index in [4.69, 9.17) is 0 Å². The normalized spacial score (nSPS) is 29.4. The molecular formula is C9H15NO2S2. The first-order valence-corrected chi connectivity index (χ1v) is 7.08. The number of rotatable bonds is 2. The fraction of sp³-hybridized carbons (Fsp3) is 0.778. The number of ketones is 2. The van der Waals surface area contributed by atoms with Gasteiger partial charge < -0.3 is 5.32 Å². The Balaban J connectivity index is 2.60. The minimum atomic E-state index is -0.0883. The van der Waals surface area contributed by atoms with Gasteiger partial charge >= 0.3 is 0 Å². The van der Waals surface area contributed by atoms with Gasteiger partial charge in [-0.2, -0.15) is 0 Å². The lowest BCUT2D eigenvalue weighted by molar-refractivity contribution is -0.126. The van der Waals surface area contributed by atoms with Gasteiger partial charge in [0, 0.05) is 23.8 Å². The second-order valence-electron chi connectivity index (χ2n) is 3.39. The highest BCUT2D eigenvalue weighted by atomic mass is 33.1. The third kappa shape index (κ3) is 3.29. The van der Waals surface area contributed by atoms with Gasteiger partial charge in [0.2, 0.25) is 0 Å². The van der Waals surface area contributed by atoms with Crippen LogP contribution in [0.25, 0.3) is 0 Å². The Morgan fingerprint density at radius 1 is 1.43 bits per heavy atom. The molecule has 2 unspecified atom stereocenters. The van der Waals surface area contributed by atoms with Gasteiger partial charge in [-0.3, -0.25) is 9.59 Å². The minimum absolute atomic E-state index is 0.0869. The summed E-state index contributed by atoms with van der Waals surface area (Å²) in [4.78, 5) is 22.9. The molecule has 0 radical (unpaired) electrons. The first kappa shape index (κ1) is 12.1. The zero-order chi connectivity index (χ0) is 10.6. The number of hydrogen-bond acceptors (Lipinski definition) is 5. The highest BCUT2D eigenvalue weighted by Gasteiger charge is 2.26. The van der Waals surface area contributed by atoms with Gasteiger partial charge in [0.15, 0.2) is 5.78 Å². The first-order valence-electron chi connectivity index (χ1n) is 4.60. The monoisotopic (exact) mass is 233 g/mol. The Bertz CT molecular complexity index is 233. The molecule has 1 fully saturated rings. The molecule has 1 rings (SSSR count). The van der Waals surface area contributed by atoms with E-state index in [0.717, 1.165) is 11.5 Å². The van der Waals surface area contributed by atoms with Crippen molar-refractivity contribution in [1.82, 2.24) is 5.32 Å². The molecule has 1 heterocycles. The van der Waals surface area contributed by atoms with Crippen molar-refractivity contribution in [3.8, 4) is 0 Å². The van der Waals surface area contributed by atoms with Gasteiger partial charge in [0.05, 0.1) is 6.04 Å². The van der Waals surface area contributed by atoms with E-state index in [2.05, 4.69) is 5.32 Å². The molecule has 5 heteroatoms. The van der Waals surface area contributed by atoms with Gasteiger partial charge in [-0.25, -0.2) is 0 Å². The molecule has 3 nitrogen and oxygen atoms in total. The van der Waals surface area contributed by atoms with Crippen molar-refractivity contribution in [3.05, 3.63) is 0 Å². The maximum Gasteiger partial charge on any atom is 0.151 e. The summed E-state index contributed by atoms with van der Waals surface area (Å²) in [5.74, 6) is 1.77. The second-order valence-corrected chi connectivity index (χ2v) is 5.94. The van der Waals surface area contributed by atoms with E-state index in [1.54, 1.807) is 35.6 Å². The van der Waals surface area contributed by atoms with Crippen LogP contribution in [0.2, 0.25) is 0 Å². The summed E-state index contributed by atoms with van der Waals surface area (Å²) in [5.41, 5.74) is 0. The van der Waals surface area contributed by atoms with E-state index >= 15 is 0 Å². The standard InChI is InChI=1S/C9H15NO2S2/c1-6(11)7-3-9(12)8(10-2)5-14-13-4-7/h7-8,10H,3-5H2,1-2H3. The molecule has 80 valence electrons. The van der Waals surface area contributed by atoms with E-state index in [1.165, 1.54) is 0 Å². The number of carbonyl (C=O) groups excluding carboxylic acids is 2. The number of likely N-dealkylation sites (N-methyl/N-ethyl adjacent to an activating group) is 1. The fourth-order valence-corrected chi connectivity index (χ4v) is 3.97. The molecule has 1 saturated heterocycles. The van der Waals surface area contributed by atoms with E-state index in [-0.39, 0.29) is 23.5 Å². The van der Waals surface area contributed by atoms with Crippen molar-refractivity contribution in [2.45, 2.75) is 19.4 Å². The molecule has 0 aromatic rings. The summed E-state index contributed by atoms with van der Waals surface area (Å²) in [7, 11) is 5.15. The Morgan fingerprint density at radius 3 is 2.64 bits per heavy atom. The molecule has 1 aliphatic rings. The number of hydrogen-bond donors (Lipinski definition) is 1. The zero-order valence-electron chi connectivity index (χ0n) is 8.41. The third-order valence-electron chi connectivity index (χ3n) is 2.35. The zero-order valence-corrected chi connectivity index (χ0v) is 10.0. The summed E-state index contributed by atoms with van der Waals surface area (Å²) in [6.07, 6.45) is 0.397. The second kappa shape index (κ2) is 5.78. The molecule has 0 aliphatic carbocycles. The maximum absolute atomic E-state index is 11.7. The number of carbonyl (C=O) groups is 2. The van der Waals surface area contributed by atoms with Crippen molar-refractivity contribution in [3.63, 3.8) is 0 Å². The Labute approximate surface area is 92.2 Å². The fourth-order valence-electron chi connectivity index (χ4n) is 1.29. The lowest BCUT2D eigenvalue weighted by Crippen LogP contribution is -2.39. The smallest absolute Gasteiger partial charge is 0.151 e. The summed E-state index contributed by atoms with van der Waals surface area (Å²) < 4.78 is 0. The number of Topliss-reactive ketones (excluding diaryl/α,β-unsaturated/α-hetero) is 2. The average molecular weight is 233 g/mol. The summed E-state index contributed by atoms with van der Waals surface area (Å²) in [6, 6.07) is -0.0883. The van der Waals surface area contributed by atoms with Gasteiger partial charge in [0.1, 0.15) is 5.78 Å². The van der Waals surface area contributed by atoms with Crippen LogP contribution in [0.4, 0.5) is 0 Å². The van der Waals surface area contributed by atoms with E-state index in [9.17, 15) is 9.59 Å². The summed E-state index contributed by atoms with van der Waals surface area (Å²) in [6.45, 7) is 1.57. The van der Waals surface area contributed by atoms with Crippen LogP contribution in [0.5, 0.6) is 0 Å². The third-order valence-corrected chi connectivity index (χ3v) is 4.84. The van der Waals surface area contributed by atoms with Crippen LogP contribution in [0.1, 0.15) is 13.3 Å². The minimum Gasteiger partial charge on any atom is -0.310 e. The molecule has 0 spiro atoms. The maximum atomic E-state index is 11.7. The summed E-state index contributed by atoms with van der Waals surface area (Å²) >= 11 is 0. The van der Waals surface area contributed by atoms with Crippen molar-refractivity contribution in [2.75, 3.05) is 18.6 Å². The van der Waals surface area contributed by atoms with E-state index in [1.807, 2.05) is 0 Å². The van der Waals surface area contributed by atoms with Crippen LogP contribution in [0.3, 0.4) is 0 Å². The Kier molecular flexibility index (Phi) is 4.98. The first-order chi connectivity index (χ1) is 6.65. The molecule has 1 aliphatic heterocycles. The topological polar surface area (TPSA) is 46.2 Å². The lowest BCUT2D eigenvalue weighted by atomic mass is 9.97. The van der Waals surface area contributed by atoms with Crippen molar-refractivity contribution >= 4 is 33.2 Å². The van der Waals surface area contributed by atoms with Crippen molar-refractivity contribution in [1.29, 1.82) is 0 Å². The molecule has 0 aromatic carbocycles. The Hall–Kier alpha value is -0.000000000000000111. The quantitative estimate of drug-likeness (QED) is 0.725. The molecule has 0 bridgehead atoms. The van der Waals surface area contributed by atoms with Crippen molar-refractivity contribution < 1.29 is 9.59 Å². The van der Waals surface area contributed by atoms with E-state index < -0.39 is 0 Å². The van der Waals surface area contributed by atoms with Crippen LogP contribution < -0.4 is 5.32 Å².